The minimum Gasteiger partial charge on any atom is -0.217 e. The number of rotatable bonds is 2. The van der Waals surface area contributed by atoms with E-state index in [-0.39, 0.29) is 0 Å². The van der Waals surface area contributed by atoms with Crippen molar-refractivity contribution in [1.29, 1.82) is 0 Å². The van der Waals surface area contributed by atoms with Gasteiger partial charge in [-0.15, -0.1) is 4.89 Å². The monoisotopic (exact) mass is 217 g/mol. The summed E-state index contributed by atoms with van der Waals surface area (Å²) in [5.74, 6) is 0. The first-order valence-corrected chi connectivity index (χ1v) is 6.36. The first-order chi connectivity index (χ1) is 7.42. The molecule has 0 aromatic heterocycles. The average molecular weight is 217 g/mol. The molecule has 1 aliphatic heterocycles. The van der Waals surface area contributed by atoms with E-state index >= 15 is 0 Å². The lowest BCUT2D eigenvalue weighted by molar-refractivity contribution is 0.467. The van der Waals surface area contributed by atoms with Crippen LogP contribution in [0, 0.1) is 0 Å². The minimum absolute atomic E-state index is 1.22. The van der Waals surface area contributed by atoms with E-state index in [9.17, 15) is 0 Å². The van der Waals surface area contributed by atoms with Crippen LogP contribution in [0.15, 0.2) is 70.5 Å². The number of hydrogen-bond donors (Lipinski definition) is 1. The van der Waals surface area contributed by atoms with Crippen molar-refractivity contribution in [2.75, 3.05) is 0 Å². The second-order valence-corrected chi connectivity index (χ2v) is 5.74. The Morgan fingerprint density at radius 3 is 1.47 bits per heavy atom. The van der Waals surface area contributed by atoms with E-state index in [1.165, 1.54) is 9.79 Å². The second kappa shape index (κ2) is 3.38. The summed E-state index contributed by atoms with van der Waals surface area (Å²) >= 11 is 0. The van der Waals surface area contributed by atoms with Gasteiger partial charge in [0.1, 0.15) is 0 Å². The van der Waals surface area contributed by atoms with Crippen LogP contribution in [-0.4, -0.2) is 0 Å². The molecule has 2 nitrogen and oxygen atoms in total. The quantitative estimate of drug-likeness (QED) is 0.783. The lowest BCUT2D eigenvalue weighted by Crippen LogP contribution is -1.88. The van der Waals surface area contributed by atoms with Gasteiger partial charge in [0.2, 0.25) is 0 Å². The Labute approximate surface area is 90.5 Å². The topological polar surface area (TPSA) is 34.5 Å². The van der Waals surface area contributed by atoms with Gasteiger partial charge in [-0.05, 0) is 24.3 Å². The first-order valence-electron chi connectivity index (χ1n) is 4.80. The van der Waals surface area contributed by atoms with Crippen LogP contribution in [0.25, 0.3) is 0 Å². The van der Waals surface area contributed by atoms with Gasteiger partial charge in [0.25, 0.3) is 0 Å². The van der Waals surface area contributed by atoms with E-state index in [1.807, 2.05) is 36.4 Å². The van der Waals surface area contributed by atoms with E-state index in [4.69, 9.17) is 4.28 Å². The third kappa shape index (κ3) is 1.45. The smallest absolute Gasteiger partial charge is 0.0345 e. The third-order valence-electron chi connectivity index (χ3n) is 2.40. The van der Waals surface area contributed by atoms with Crippen molar-refractivity contribution in [2.45, 2.75) is 9.79 Å². The maximum atomic E-state index is 5.50. The summed E-state index contributed by atoms with van der Waals surface area (Å²) in [6.07, 6.45) is 0. The largest absolute Gasteiger partial charge is 0.217 e. The lowest BCUT2D eigenvalue weighted by Gasteiger charge is -2.13. The number of nitrogens with one attached hydrogen (secondary N) is 1. The molecular formula is C12H11NOS. The highest BCUT2D eigenvalue weighted by molar-refractivity contribution is 8.32. The molecule has 1 saturated heterocycles. The first kappa shape index (κ1) is 8.97. The fourth-order valence-electron chi connectivity index (χ4n) is 1.59. The van der Waals surface area contributed by atoms with Crippen LogP contribution in [0.5, 0.6) is 0 Å². The second-order valence-electron chi connectivity index (χ2n) is 3.35. The van der Waals surface area contributed by atoms with Gasteiger partial charge in [-0.25, -0.2) is 4.28 Å². The van der Waals surface area contributed by atoms with Crippen molar-refractivity contribution in [1.82, 2.24) is 4.89 Å². The molecule has 2 aromatic rings. The summed E-state index contributed by atoms with van der Waals surface area (Å²) in [5.41, 5.74) is 0. The number of hydrogen-bond acceptors (Lipinski definition) is 2. The van der Waals surface area contributed by atoms with Gasteiger partial charge in [0.05, 0.1) is 0 Å². The molecule has 1 heterocycles. The molecule has 3 rings (SSSR count). The highest BCUT2D eigenvalue weighted by Gasteiger charge is 2.42. The zero-order valence-corrected chi connectivity index (χ0v) is 8.91. The van der Waals surface area contributed by atoms with Crippen LogP contribution in [0.3, 0.4) is 0 Å². The number of benzene rings is 2. The summed E-state index contributed by atoms with van der Waals surface area (Å²) in [6, 6.07) is 20.6. The molecule has 1 N–H and O–H groups in total. The summed E-state index contributed by atoms with van der Waals surface area (Å²) in [7, 11) is -1.34. The van der Waals surface area contributed by atoms with Crippen molar-refractivity contribution in [2.24, 2.45) is 0 Å². The van der Waals surface area contributed by atoms with Crippen molar-refractivity contribution in [3.63, 3.8) is 0 Å². The van der Waals surface area contributed by atoms with Crippen LogP contribution < -0.4 is 4.89 Å². The molecule has 0 saturated carbocycles. The molecule has 3 heteroatoms. The summed E-state index contributed by atoms with van der Waals surface area (Å²) in [5, 5.41) is 0. The van der Waals surface area contributed by atoms with Crippen molar-refractivity contribution in [3.8, 4) is 0 Å². The fourth-order valence-corrected chi connectivity index (χ4v) is 3.60. The van der Waals surface area contributed by atoms with Crippen molar-refractivity contribution < 1.29 is 4.28 Å². The average Bonchev–Trinajstić information content (AvgIpc) is 3.13. The molecular weight excluding hydrogens is 206 g/mol. The molecule has 0 unspecified atom stereocenters. The van der Waals surface area contributed by atoms with Crippen molar-refractivity contribution >= 4 is 10.5 Å². The van der Waals surface area contributed by atoms with Gasteiger partial charge >= 0.3 is 0 Å². The van der Waals surface area contributed by atoms with Crippen LogP contribution in [0.4, 0.5) is 0 Å². The van der Waals surface area contributed by atoms with Gasteiger partial charge in [-0.2, -0.15) is 0 Å². The predicted octanol–water partition coefficient (Wildman–Crippen LogP) is 3.27. The summed E-state index contributed by atoms with van der Waals surface area (Å²) in [4.78, 5) is 5.50. The summed E-state index contributed by atoms with van der Waals surface area (Å²) < 4.78 is 5.50. The normalized spacial score (nSPS) is 19.5. The molecule has 0 bridgehead atoms. The Balaban J connectivity index is 2.06. The van der Waals surface area contributed by atoms with E-state index in [1.54, 1.807) is 0 Å². The Morgan fingerprint density at radius 2 is 1.13 bits per heavy atom. The van der Waals surface area contributed by atoms with E-state index in [0.29, 0.717) is 0 Å². The van der Waals surface area contributed by atoms with Crippen molar-refractivity contribution in [3.05, 3.63) is 60.7 Å². The molecule has 1 aliphatic rings. The Bertz CT molecular complexity index is 412. The Kier molecular flexibility index (Phi) is 2.02. The zero-order valence-electron chi connectivity index (χ0n) is 8.09. The van der Waals surface area contributed by atoms with Crippen LogP contribution >= 0.6 is 10.5 Å². The predicted molar refractivity (Wildman–Crippen MR) is 61.2 cm³/mol. The van der Waals surface area contributed by atoms with Crippen LogP contribution in [0.2, 0.25) is 0 Å². The Morgan fingerprint density at radius 1 is 0.733 bits per heavy atom. The van der Waals surface area contributed by atoms with Gasteiger partial charge in [0.15, 0.2) is 0 Å². The van der Waals surface area contributed by atoms with E-state index < -0.39 is 10.5 Å². The van der Waals surface area contributed by atoms with Gasteiger partial charge < -0.3 is 0 Å². The fraction of sp³-hybridized carbons (Fsp3) is 0. The molecule has 0 atom stereocenters. The van der Waals surface area contributed by atoms with Crippen LogP contribution in [-0.2, 0) is 4.28 Å². The third-order valence-corrected chi connectivity index (χ3v) is 4.77. The van der Waals surface area contributed by atoms with Gasteiger partial charge in [-0.1, -0.05) is 36.4 Å². The Hall–Kier alpha value is -1.29. The maximum absolute atomic E-state index is 5.50. The van der Waals surface area contributed by atoms with Gasteiger partial charge in [-0.3, -0.25) is 0 Å². The molecule has 76 valence electrons. The molecule has 0 spiro atoms. The highest BCUT2D eigenvalue weighted by atomic mass is 32.3. The minimum atomic E-state index is -1.34. The molecule has 2 aromatic carbocycles. The molecule has 15 heavy (non-hydrogen) atoms. The molecule has 1 fully saturated rings. The lowest BCUT2D eigenvalue weighted by atomic mass is 10.4. The SMILES string of the molecule is c1ccc(S2(c3ccccc3)NO2)cc1. The molecule has 0 radical (unpaired) electrons. The van der Waals surface area contributed by atoms with Crippen LogP contribution in [0.1, 0.15) is 0 Å². The maximum Gasteiger partial charge on any atom is 0.0345 e. The van der Waals surface area contributed by atoms with Gasteiger partial charge in [0, 0.05) is 20.3 Å². The van der Waals surface area contributed by atoms with E-state index in [0.717, 1.165) is 0 Å². The summed E-state index contributed by atoms with van der Waals surface area (Å²) in [6.45, 7) is 0. The zero-order chi connectivity index (χ0) is 10.1. The molecule has 0 amide bonds. The molecule has 0 aliphatic carbocycles. The highest BCUT2D eigenvalue weighted by Crippen LogP contribution is 2.69. The van der Waals surface area contributed by atoms with E-state index in [2.05, 4.69) is 29.2 Å². The standard InChI is InChI=1S/C12H11NOS/c1-3-7-11(8-4-1)15(13-14-15)12-9-5-2-6-10-12/h1-10,13H.